The molecule has 1 N–H and O–H groups in total. The number of alkyl halides is 3. The Balaban J connectivity index is 2.91. The van der Waals surface area contributed by atoms with Gasteiger partial charge in [-0.2, -0.15) is 13.2 Å². The molecule has 0 amide bonds. The standard InChI is InChI=1S/C12H17F3N2O/c1-3-16-9(2)7-8-17-10(12(13,14)15)5-4-6-11(17)18/h4-6,9,16H,3,7-8H2,1-2H3. The van der Waals surface area contributed by atoms with Gasteiger partial charge in [-0.05, 0) is 26.0 Å². The first-order valence-electron chi connectivity index (χ1n) is 5.86. The second-order valence-electron chi connectivity index (χ2n) is 4.15. The van der Waals surface area contributed by atoms with E-state index in [9.17, 15) is 18.0 Å². The maximum absolute atomic E-state index is 12.7. The van der Waals surface area contributed by atoms with Crippen molar-refractivity contribution in [1.82, 2.24) is 9.88 Å². The second kappa shape index (κ2) is 6.04. The van der Waals surface area contributed by atoms with Crippen molar-refractivity contribution in [3.8, 4) is 0 Å². The summed E-state index contributed by atoms with van der Waals surface area (Å²) in [6.07, 6.45) is -4.03. The quantitative estimate of drug-likeness (QED) is 0.883. The third kappa shape index (κ3) is 3.87. The number of halogens is 3. The molecule has 0 radical (unpaired) electrons. The van der Waals surface area contributed by atoms with Crippen molar-refractivity contribution in [3.05, 3.63) is 34.2 Å². The van der Waals surface area contributed by atoms with Gasteiger partial charge in [0.2, 0.25) is 0 Å². The number of nitrogens with zero attached hydrogens (tertiary/aromatic N) is 1. The molecule has 18 heavy (non-hydrogen) atoms. The summed E-state index contributed by atoms with van der Waals surface area (Å²) in [7, 11) is 0. The summed E-state index contributed by atoms with van der Waals surface area (Å²) in [5.74, 6) is 0. The van der Waals surface area contributed by atoms with Crippen LogP contribution in [0.2, 0.25) is 0 Å². The molecule has 0 aliphatic heterocycles. The van der Waals surface area contributed by atoms with Gasteiger partial charge in [0, 0.05) is 18.7 Å². The van der Waals surface area contributed by atoms with E-state index in [1.165, 1.54) is 0 Å². The van der Waals surface area contributed by atoms with Crippen molar-refractivity contribution in [2.45, 2.75) is 39.0 Å². The fourth-order valence-electron chi connectivity index (χ4n) is 1.77. The molecule has 0 saturated carbocycles. The lowest BCUT2D eigenvalue weighted by Gasteiger charge is -2.17. The Bertz CT molecular complexity index is 440. The van der Waals surface area contributed by atoms with E-state index in [-0.39, 0.29) is 12.6 Å². The lowest BCUT2D eigenvalue weighted by molar-refractivity contribution is -0.144. The van der Waals surface area contributed by atoms with Gasteiger partial charge in [-0.1, -0.05) is 13.0 Å². The predicted molar refractivity (Wildman–Crippen MR) is 63.5 cm³/mol. The lowest BCUT2D eigenvalue weighted by atomic mass is 10.2. The van der Waals surface area contributed by atoms with Gasteiger partial charge >= 0.3 is 6.18 Å². The molecule has 1 unspecified atom stereocenters. The smallest absolute Gasteiger partial charge is 0.314 e. The first-order valence-corrected chi connectivity index (χ1v) is 5.86. The number of hydrogen-bond acceptors (Lipinski definition) is 2. The summed E-state index contributed by atoms with van der Waals surface area (Å²) in [5, 5.41) is 3.10. The van der Waals surface area contributed by atoms with Gasteiger partial charge in [0.15, 0.2) is 0 Å². The van der Waals surface area contributed by atoms with Crippen molar-refractivity contribution in [2.75, 3.05) is 6.54 Å². The Morgan fingerprint density at radius 1 is 1.39 bits per heavy atom. The molecule has 1 atom stereocenters. The normalized spacial score (nSPS) is 13.6. The number of rotatable bonds is 5. The molecule has 0 spiro atoms. The Kier molecular flexibility index (Phi) is 4.95. The Hall–Kier alpha value is -1.30. The van der Waals surface area contributed by atoms with Crippen LogP contribution in [0.5, 0.6) is 0 Å². The molecule has 0 aromatic carbocycles. The Labute approximate surface area is 104 Å². The van der Waals surface area contributed by atoms with Crippen LogP contribution in [0.3, 0.4) is 0 Å². The molecule has 0 saturated heterocycles. The van der Waals surface area contributed by atoms with Crippen molar-refractivity contribution in [2.24, 2.45) is 0 Å². The van der Waals surface area contributed by atoms with Crippen LogP contribution in [0.15, 0.2) is 23.0 Å². The molecule has 0 fully saturated rings. The SMILES string of the molecule is CCNC(C)CCn1c(C(F)(F)F)cccc1=O. The molecule has 0 bridgehead atoms. The summed E-state index contributed by atoms with van der Waals surface area (Å²) in [5.41, 5.74) is -1.51. The largest absolute Gasteiger partial charge is 0.431 e. The maximum Gasteiger partial charge on any atom is 0.431 e. The topological polar surface area (TPSA) is 34.0 Å². The van der Waals surface area contributed by atoms with Crippen molar-refractivity contribution in [1.29, 1.82) is 0 Å². The highest BCUT2D eigenvalue weighted by molar-refractivity contribution is 5.10. The Morgan fingerprint density at radius 2 is 2.06 bits per heavy atom. The highest BCUT2D eigenvalue weighted by Gasteiger charge is 2.34. The maximum atomic E-state index is 12.7. The van der Waals surface area contributed by atoms with Gasteiger partial charge in [-0.25, -0.2) is 0 Å². The first-order chi connectivity index (χ1) is 8.36. The molecular weight excluding hydrogens is 245 g/mol. The third-order valence-electron chi connectivity index (χ3n) is 2.68. The molecule has 1 heterocycles. The van der Waals surface area contributed by atoms with E-state index in [0.29, 0.717) is 6.42 Å². The molecular formula is C12H17F3N2O. The van der Waals surface area contributed by atoms with E-state index < -0.39 is 17.4 Å². The third-order valence-corrected chi connectivity index (χ3v) is 2.68. The molecule has 1 aromatic rings. The van der Waals surface area contributed by atoms with E-state index >= 15 is 0 Å². The van der Waals surface area contributed by atoms with Gasteiger partial charge in [0.05, 0.1) is 0 Å². The first kappa shape index (κ1) is 14.8. The lowest BCUT2D eigenvalue weighted by Crippen LogP contribution is -2.32. The number of nitrogens with one attached hydrogen (secondary N) is 1. The summed E-state index contributed by atoms with van der Waals surface area (Å²) in [4.78, 5) is 11.5. The van der Waals surface area contributed by atoms with Gasteiger partial charge in [-0.3, -0.25) is 4.79 Å². The van der Waals surface area contributed by atoms with E-state index in [4.69, 9.17) is 0 Å². The second-order valence-corrected chi connectivity index (χ2v) is 4.15. The summed E-state index contributed by atoms with van der Waals surface area (Å²) in [6.45, 7) is 4.61. The van der Waals surface area contributed by atoms with Crippen molar-refractivity contribution in [3.63, 3.8) is 0 Å². The highest BCUT2D eigenvalue weighted by Crippen LogP contribution is 2.28. The zero-order valence-corrected chi connectivity index (χ0v) is 10.4. The van der Waals surface area contributed by atoms with Crippen LogP contribution >= 0.6 is 0 Å². The fraction of sp³-hybridized carbons (Fsp3) is 0.583. The zero-order valence-electron chi connectivity index (χ0n) is 10.4. The van der Waals surface area contributed by atoms with Crippen LogP contribution in [-0.2, 0) is 12.7 Å². The van der Waals surface area contributed by atoms with Crippen LogP contribution < -0.4 is 10.9 Å². The van der Waals surface area contributed by atoms with Crippen molar-refractivity contribution >= 4 is 0 Å². The zero-order chi connectivity index (χ0) is 13.8. The molecule has 3 nitrogen and oxygen atoms in total. The van der Waals surface area contributed by atoms with Gasteiger partial charge in [0.25, 0.3) is 5.56 Å². The van der Waals surface area contributed by atoms with Crippen LogP contribution in [-0.4, -0.2) is 17.2 Å². The number of aromatic nitrogens is 1. The van der Waals surface area contributed by atoms with Gasteiger partial charge < -0.3 is 9.88 Å². The molecule has 0 aliphatic rings. The van der Waals surface area contributed by atoms with Crippen LogP contribution in [0.1, 0.15) is 26.0 Å². The molecule has 102 valence electrons. The van der Waals surface area contributed by atoms with Gasteiger partial charge in [-0.15, -0.1) is 0 Å². The summed E-state index contributed by atoms with van der Waals surface area (Å²) in [6, 6.07) is 3.28. The fourth-order valence-corrected chi connectivity index (χ4v) is 1.77. The highest BCUT2D eigenvalue weighted by atomic mass is 19.4. The predicted octanol–water partition coefficient (Wildman–Crippen LogP) is 2.26. The number of hydrogen-bond donors (Lipinski definition) is 1. The molecule has 0 aliphatic carbocycles. The Morgan fingerprint density at radius 3 is 2.61 bits per heavy atom. The minimum atomic E-state index is -4.50. The van der Waals surface area contributed by atoms with E-state index in [0.717, 1.165) is 29.3 Å². The molecule has 6 heteroatoms. The summed E-state index contributed by atoms with van der Waals surface area (Å²) >= 11 is 0. The molecule has 1 rings (SSSR count). The van der Waals surface area contributed by atoms with E-state index in [1.54, 1.807) is 0 Å². The van der Waals surface area contributed by atoms with E-state index in [1.807, 2.05) is 13.8 Å². The average Bonchev–Trinajstić information content (AvgIpc) is 2.26. The minimum absolute atomic E-state index is 0.0582. The number of pyridine rings is 1. The van der Waals surface area contributed by atoms with Crippen LogP contribution in [0, 0.1) is 0 Å². The minimum Gasteiger partial charge on any atom is -0.314 e. The van der Waals surface area contributed by atoms with Crippen molar-refractivity contribution < 1.29 is 13.2 Å². The van der Waals surface area contributed by atoms with E-state index in [2.05, 4.69) is 5.32 Å². The van der Waals surface area contributed by atoms with Crippen LogP contribution in [0.25, 0.3) is 0 Å². The summed E-state index contributed by atoms with van der Waals surface area (Å²) < 4.78 is 39.0. The average molecular weight is 262 g/mol. The molecule has 1 aromatic heterocycles. The van der Waals surface area contributed by atoms with Crippen LogP contribution in [0.4, 0.5) is 13.2 Å². The van der Waals surface area contributed by atoms with Gasteiger partial charge in [0.1, 0.15) is 5.69 Å². The monoisotopic (exact) mass is 262 g/mol.